The number of nitrogens with one attached hydrogen (secondary N) is 1. The Labute approximate surface area is 113 Å². The predicted octanol–water partition coefficient (Wildman–Crippen LogP) is 1.58. The van der Waals surface area contributed by atoms with Gasteiger partial charge >= 0.3 is 0 Å². The van der Waals surface area contributed by atoms with Gasteiger partial charge in [0.25, 0.3) is 0 Å². The van der Waals surface area contributed by atoms with Crippen LogP contribution in [0, 0.1) is 5.82 Å². The van der Waals surface area contributed by atoms with Crippen LogP contribution < -0.4 is 5.32 Å². The minimum atomic E-state index is -0.272. The van der Waals surface area contributed by atoms with E-state index >= 15 is 0 Å². The smallest absolute Gasteiger partial charge is 0.236 e. The van der Waals surface area contributed by atoms with E-state index in [0.717, 1.165) is 5.56 Å². The third-order valence-electron chi connectivity index (χ3n) is 3.09. The quantitative estimate of drug-likeness (QED) is 0.763. The molecule has 19 heavy (non-hydrogen) atoms. The summed E-state index contributed by atoms with van der Waals surface area (Å²) in [5.74, 6) is -0.279. The van der Waals surface area contributed by atoms with Crippen molar-refractivity contribution in [2.24, 2.45) is 0 Å². The highest BCUT2D eigenvalue weighted by Gasteiger charge is 2.16. The number of benzene rings is 1. The van der Waals surface area contributed by atoms with E-state index in [0.29, 0.717) is 13.2 Å². The molecule has 0 aliphatic carbocycles. The second-order valence-electron chi connectivity index (χ2n) is 4.40. The molecule has 0 radical (unpaired) electrons. The summed E-state index contributed by atoms with van der Waals surface area (Å²) in [6.45, 7) is 3.40. The van der Waals surface area contributed by atoms with E-state index in [1.807, 2.05) is 6.92 Å². The Morgan fingerprint density at radius 1 is 1.42 bits per heavy atom. The topological polar surface area (TPSA) is 41.6 Å². The van der Waals surface area contributed by atoms with Gasteiger partial charge in [0.15, 0.2) is 0 Å². The van der Waals surface area contributed by atoms with Crippen molar-refractivity contribution in [1.82, 2.24) is 10.2 Å². The predicted molar refractivity (Wildman–Crippen MR) is 72.3 cm³/mol. The molecule has 0 bridgehead atoms. The maximum Gasteiger partial charge on any atom is 0.236 e. The molecule has 1 aromatic carbocycles. The molecule has 1 rings (SSSR count). The number of hydrogen-bond donors (Lipinski definition) is 1. The Morgan fingerprint density at radius 2 is 2.05 bits per heavy atom. The van der Waals surface area contributed by atoms with Crippen molar-refractivity contribution in [3.63, 3.8) is 0 Å². The Balaban J connectivity index is 2.49. The average molecular weight is 268 g/mol. The van der Waals surface area contributed by atoms with Gasteiger partial charge in [-0.15, -0.1) is 0 Å². The second kappa shape index (κ2) is 7.86. The Hall–Kier alpha value is -1.46. The van der Waals surface area contributed by atoms with Crippen molar-refractivity contribution in [2.75, 3.05) is 33.9 Å². The molecule has 1 unspecified atom stereocenters. The maximum atomic E-state index is 12.8. The van der Waals surface area contributed by atoms with Gasteiger partial charge in [-0.25, -0.2) is 4.39 Å². The molecule has 0 aliphatic heterocycles. The monoisotopic (exact) mass is 268 g/mol. The molecule has 1 atom stereocenters. The molecule has 0 saturated carbocycles. The van der Waals surface area contributed by atoms with Gasteiger partial charge in [0.05, 0.1) is 19.2 Å². The molecule has 0 spiro atoms. The van der Waals surface area contributed by atoms with Crippen LogP contribution in [0.2, 0.25) is 0 Å². The fourth-order valence-corrected chi connectivity index (χ4v) is 1.68. The number of amides is 1. The summed E-state index contributed by atoms with van der Waals surface area (Å²) in [7, 11) is 3.36. The van der Waals surface area contributed by atoms with Crippen LogP contribution in [0.3, 0.4) is 0 Å². The van der Waals surface area contributed by atoms with Crippen LogP contribution in [-0.2, 0) is 9.53 Å². The largest absolute Gasteiger partial charge is 0.383 e. The molecular weight excluding hydrogens is 247 g/mol. The van der Waals surface area contributed by atoms with Gasteiger partial charge in [0.2, 0.25) is 5.91 Å². The summed E-state index contributed by atoms with van der Waals surface area (Å²) in [5.41, 5.74) is 0.911. The van der Waals surface area contributed by atoms with Crippen LogP contribution in [0.5, 0.6) is 0 Å². The number of halogens is 1. The summed E-state index contributed by atoms with van der Waals surface area (Å²) in [4.78, 5) is 13.6. The van der Waals surface area contributed by atoms with Crippen LogP contribution >= 0.6 is 0 Å². The van der Waals surface area contributed by atoms with E-state index < -0.39 is 0 Å². The first-order valence-corrected chi connectivity index (χ1v) is 6.27. The van der Waals surface area contributed by atoms with Crippen LogP contribution in [0.4, 0.5) is 4.39 Å². The Morgan fingerprint density at radius 3 is 2.63 bits per heavy atom. The van der Waals surface area contributed by atoms with Crippen LogP contribution in [0.1, 0.15) is 18.5 Å². The molecule has 1 aromatic rings. The van der Waals surface area contributed by atoms with Crippen molar-refractivity contribution < 1.29 is 13.9 Å². The lowest BCUT2D eigenvalue weighted by Crippen LogP contribution is -2.38. The standard InChI is InChI=1S/C14H21FN2O2/c1-11(12-4-6-13(15)7-5-12)17(2)14(18)10-16-8-9-19-3/h4-7,11,16H,8-10H2,1-3H3. The van der Waals surface area contributed by atoms with Gasteiger partial charge in [0.1, 0.15) is 5.82 Å². The van der Waals surface area contributed by atoms with Gasteiger partial charge in [-0.3, -0.25) is 4.79 Å². The number of methoxy groups -OCH3 is 1. The Kier molecular flexibility index (Phi) is 6.45. The first-order chi connectivity index (χ1) is 9.06. The molecule has 0 aromatic heterocycles. The van der Waals surface area contributed by atoms with Gasteiger partial charge < -0.3 is 15.0 Å². The normalized spacial score (nSPS) is 12.2. The number of rotatable bonds is 7. The first-order valence-electron chi connectivity index (χ1n) is 6.27. The third-order valence-corrected chi connectivity index (χ3v) is 3.09. The summed E-state index contributed by atoms with van der Waals surface area (Å²) >= 11 is 0. The van der Waals surface area contributed by atoms with Crippen molar-refractivity contribution >= 4 is 5.91 Å². The third kappa shape index (κ3) is 4.96. The first kappa shape index (κ1) is 15.6. The van der Waals surface area contributed by atoms with Crippen LogP contribution in [0.15, 0.2) is 24.3 Å². The molecule has 106 valence electrons. The molecule has 0 fully saturated rings. The summed E-state index contributed by atoms with van der Waals surface area (Å²) in [6, 6.07) is 6.11. The van der Waals surface area contributed by atoms with E-state index in [-0.39, 0.29) is 24.3 Å². The molecule has 0 aliphatic rings. The van der Waals surface area contributed by atoms with Crippen molar-refractivity contribution in [1.29, 1.82) is 0 Å². The van der Waals surface area contributed by atoms with Crippen LogP contribution in [-0.4, -0.2) is 44.7 Å². The SMILES string of the molecule is COCCNCC(=O)N(C)C(C)c1ccc(F)cc1. The van der Waals surface area contributed by atoms with E-state index in [1.165, 1.54) is 12.1 Å². The zero-order valence-corrected chi connectivity index (χ0v) is 11.6. The van der Waals surface area contributed by atoms with E-state index in [4.69, 9.17) is 4.74 Å². The number of likely N-dealkylation sites (N-methyl/N-ethyl adjacent to an activating group) is 1. The number of carbonyl (C=O) groups excluding carboxylic acids is 1. The number of ether oxygens (including phenoxy) is 1. The molecular formula is C14H21FN2O2. The van der Waals surface area contributed by atoms with Crippen molar-refractivity contribution in [3.05, 3.63) is 35.6 Å². The minimum Gasteiger partial charge on any atom is -0.383 e. The van der Waals surface area contributed by atoms with Gasteiger partial charge in [-0.05, 0) is 24.6 Å². The highest BCUT2D eigenvalue weighted by molar-refractivity contribution is 5.78. The molecule has 4 nitrogen and oxygen atoms in total. The van der Waals surface area contributed by atoms with Crippen molar-refractivity contribution in [3.8, 4) is 0 Å². The number of hydrogen-bond acceptors (Lipinski definition) is 3. The zero-order chi connectivity index (χ0) is 14.3. The lowest BCUT2D eigenvalue weighted by Gasteiger charge is -2.25. The lowest BCUT2D eigenvalue weighted by molar-refractivity contribution is -0.130. The van der Waals surface area contributed by atoms with Crippen molar-refractivity contribution in [2.45, 2.75) is 13.0 Å². The molecule has 1 N–H and O–H groups in total. The van der Waals surface area contributed by atoms with E-state index in [2.05, 4.69) is 5.32 Å². The highest BCUT2D eigenvalue weighted by atomic mass is 19.1. The van der Waals surface area contributed by atoms with Gasteiger partial charge in [0, 0.05) is 20.7 Å². The molecule has 5 heteroatoms. The molecule has 1 amide bonds. The zero-order valence-electron chi connectivity index (χ0n) is 11.6. The summed E-state index contributed by atoms with van der Waals surface area (Å²) in [6.07, 6.45) is 0. The second-order valence-corrected chi connectivity index (χ2v) is 4.40. The average Bonchev–Trinajstić information content (AvgIpc) is 2.42. The summed E-state index contributed by atoms with van der Waals surface area (Å²) < 4.78 is 17.7. The van der Waals surface area contributed by atoms with E-state index in [9.17, 15) is 9.18 Å². The lowest BCUT2D eigenvalue weighted by atomic mass is 10.1. The molecule has 0 saturated heterocycles. The van der Waals surface area contributed by atoms with Gasteiger partial charge in [-0.2, -0.15) is 0 Å². The van der Waals surface area contributed by atoms with Crippen LogP contribution in [0.25, 0.3) is 0 Å². The fourth-order valence-electron chi connectivity index (χ4n) is 1.68. The van der Waals surface area contributed by atoms with Gasteiger partial charge in [-0.1, -0.05) is 12.1 Å². The number of nitrogens with zero attached hydrogens (tertiary/aromatic N) is 1. The minimum absolute atomic E-state index is 0.00655. The highest BCUT2D eigenvalue weighted by Crippen LogP contribution is 2.18. The maximum absolute atomic E-state index is 12.8. The molecule has 0 heterocycles. The number of carbonyl (C=O) groups is 1. The van der Waals surface area contributed by atoms with E-state index in [1.54, 1.807) is 31.2 Å². The summed E-state index contributed by atoms with van der Waals surface area (Å²) in [5, 5.41) is 3.01. The Bertz CT molecular complexity index is 395. The fraction of sp³-hybridized carbons (Fsp3) is 0.500.